The van der Waals surface area contributed by atoms with E-state index in [9.17, 15) is 8.42 Å². The van der Waals surface area contributed by atoms with Gasteiger partial charge in [0, 0.05) is 6.54 Å². The van der Waals surface area contributed by atoms with Gasteiger partial charge in [0.2, 0.25) is 10.0 Å². The second-order valence-corrected chi connectivity index (χ2v) is 9.13. The first kappa shape index (κ1) is 18.0. The zero-order chi connectivity index (χ0) is 18.0. The molecule has 0 aliphatic heterocycles. The third-order valence-electron chi connectivity index (χ3n) is 5.03. The molecule has 25 heavy (non-hydrogen) atoms. The predicted octanol–water partition coefficient (Wildman–Crippen LogP) is 4.58. The summed E-state index contributed by atoms with van der Waals surface area (Å²) in [6.45, 7) is 4.73. The monoisotopic (exact) mass is 357 g/mol. The maximum absolute atomic E-state index is 12.2. The number of benzene rings is 2. The molecule has 0 aromatic heterocycles. The molecule has 4 heteroatoms. The molecule has 0 saturated heterocycles. The van der Waals surface area contributed by atoms with Gasteiger partial charge in [-0.05, 0) is 79.8 Å². The van der Waals surface area contributed by atoms with Crippen molar-refractivity contribution in [3.05, 3.63) is 64.7 Å². The van der Waals surface area contributed by atoms with Crippen molar-refractivity contribution in [1.82, 2.24) is 0 Å². The summed E-state index contributed by atoms with van der Waals surface area (Å²) < 4.78 is 26.0. The van der Waals surface area contributed by atoms with Crippen LogP contribution in [0.2, 0.25) is 0 Å². The first-order chi connectivity index (χ1) is 11.8. The molecule has 3 rings (SSSR count). The third-order valence-corrected chi connectivity index (χ3v) is 6.22. The van der Waals surface area contributed by atoms with Crippen molar-refractivity contribution in [3.8, 4) is 0 Å². The minimum absolute atomic E-state index is 0.508. The highest BCUT2D eigenvalue weighted by atomic mass is 32.2. The van der Waals surface area contributed by atoms with Crippen LogP contribution in [0.1, 0.15) is 47.4 Å². The number of sulfonamides is 1. The minimum Gasteiger partial charge on any atom is -0.270 e. The highest BCUT2D eigenvalue weighted by molar-refractivity contribution is 7.92. The molecule has 0 radical (unpaired) electrons. The van der Waals surface area contributed by atoms with E-state index in [1.807, 2.05) is 12.1 Å². The van der Waals surface area contributed by atoms with Crippen molar-refractivity contribution < 1.29 is 8.42 Å². The second kappa shape index (κ2) is 7.20. The summed E-state index contributed by atoms with van der Waals surface area (Å²) in [5.41, 5.74) is 5.94. The molecule has 0 amide bonds. The zero-order valence-corrected chi connectivity index (χ0v) is 16.1. The average molecular weight is 358 g/mol. The van der Waals surface area contributed by atoms with Crippen LogP contribution in [0.4, 0.5) is 5.69 Å². The fourth-order valence-electron chi connectivity index (χ4n) is 3.20. The number of hydrogen-bond acceptors (Lipinski definition) is 2. The van der Waals surface area contributed by atoms with E-state index in [0.717, 1.165) is 18.5 Å². The number of rotatable bonds is 7. The Morgan fingerprint density at radius 1 is 1.00 bits per heavy atom. The van der Waals surface area contributed by atoms with Gasteiger partial charge in [0.1, 0.15) is 0 Å². The van der Waals surface area contributed by atoms with Crippen LogP contribution in [0, 0.1) is 13.8 Å². The SMILES string of the molecule is Cc1ccc(CCCN(c2ccc(C3CC3)cc2)S(C)(=O)=O)cc1C. The Balaban J connectivity index is 1.67. The molecule has 1 saturated carbocycles. The Bertz CT molecular complexity index is 837. The third kappa shape index (κ3) is 4.63. The molecule has 2 aromatic carbocycles. The van der Waals surface area contributed by atoms with Crippen LogP contribution in [-0.4, -0.2) is 21.2 Å². The van der Waals surface area contributed by atoms with Crippen LogP contribution in [0.15, 0.2) is 42.5 Å². The Labute approximate surface area is 151 Å². The summed E-state index contributed by atoms with van der Waals surface area (Å²) in [6.07, 6.45) is 5.49. The summed E-state index contributed by atoms with van der Waals surface area (Å²) in [4.78, 5) is 0. The lowest BCUT2D eigenvalue weighted by molar-refractivity contribution is 0.595. The van der Waals surface area contributed by atoms with Gasteiger partial charge < -0.3 is 0 Å². The van der Waals surface area contributed by atoms with E-state index >= 15 is 0 Å². The molecule has 1 fully saturated rings. The van der Waals surface area contributed by atoms with E-state index in [2.05, 4.69) is 44.2 Å². The van der Waals surface area contributed by atoms with Crippen molar-refractivity contribution in [3.63, 3.8) is 0 Å². The van der Waals surface area contributed by atoms with E-state index in [0.29, 0.717) is 12.5 Å². The lowest BCUT2D eigenvalue weighted by atomic mass is 10.0. The quantitative estimate of drug-likeness (QED) is 0.727. The fourth-order valence-corrected chi connectivity index (χ4v) is 4.17. The molecule has 1 aliphatic carbocycles. The second-order valence-electron chi connectivity index (χ2n) is 7.22. The summed E-state index contributed by atoms with van der Waals surface area (Å²) in [6, 6.07) is 14.5. The molecule has 0 spiro atoms. The highest BCUT2D eigenvalue weighted by Gasteiger charge is 2.24. The van der Waals surface area contributed by atoms with E-state index in [1.165, 1.54) is 45.7 Å². The number of hydrogen-bond donors (Lipinski definition) is 0. The van der Waals surface area contributed by atoms with Gasteiger partial charge in [-0.15, -0.1) is 0 Å². The largest absolute Gasteiger partial charge is 0.270 e. The van der Waals surface area contributed by atoms with Gasteiger partial charge in [-0.25, -0.2) is 8.42 Å². The summed E-state index contributed by atoms with van der Waals surface area (Å²) in [5.74, 6) is 0.686. The standard InChI is InChI=1S/C21H27NO2S/c1-16-6-7-18(15-17(16)2)5-4-14-22(25(3,23)24)21-12-10-20(11-13-21)19-8-9-19/h6-7,10-13,15,19H,4-5,8-9,14H2,1-3H3. The fraction of sp³-hybridized carbons (Fsp3) is 0.429. The van der Waals surface area contributed by atoms with E-state index in [1.54, 1.807) is 0 Å². The van der Waals surface area contributed by atoms with Crippen LogP contribution < -0.4 is 4.31 Å². The van der Waals surface area contributed by atoms with Gasteiger partial charge in [0.05, 0.1) is 11.9 Å². The van der Waals surface area contributed by atoms with Gasteiger partial charge in [0.25, 0.3) is 0 Å². The maximum atomic E-state index is 12.2. The van der Waals surface area contributed by atoms with Crippen LogP contribution in [0.25, 0.3) is 0 Å². The molecule has 1 aliphatic rings. The number of anilines is 1. The lowest BCUT2D eigenvalue weighted by Gasteiger charge is -2.22. The molecular formula is C21H27NO2S. The van der Waals surface area contributed by atoms with Crippen molar-refractivity contribution in [1.29, 1.82) is 0 Å². The van der Waals surface area contributed by atoms with Crippen LogP contribution >= 0.6 is 0 Å². The van der Waals surface area contributed by atoms with Crippen molar-refractivity contribution in [2.24, 2.45) is 0 Å². The first-order valence-corrected chi connectivity index (χ1v) is 10.8. The predicted molar refractivity (Wildman–Crippen MR) is 105 cm³/mol. The minimum atomic E-state index is -3.27. The van der Waals surface area contributed by atoms with Crippen LogP contribution in [0.5, 0.6) is 0 Å². The van der Waals surface area contributed by atoms with Gasteiger partial charge in [0.15, 0.2) is 0 Å². The van der Waals surface area contributed by atoms with Gasteiger partial charge in [-0.2, -0.15) is 0 Å². The average Bonchev–Trinajstić information content (AvgIpc) is 3.39. The molecule has 0 N–H and O–H groups in total. The molecule has 2 aromatic rings. The molecule has 134 valence electrons. The van der Waals surface area contributed by atoms with Crippen molar-refractivity contribution >= 4 is 15.7 Å². The molecular weight excluding hydrogens is 330 g/mol. The van der Waals surface area contributed by atoms with Gasteiger partial charge in [-0.1, -0.05) is 30.3 Å². The smallest absolute Gasteiger partial charge is 0.232 e. The van der Waals surface area contributed by atoms with E-state index < -0.39 is 10.0 Å². The van der Waals surface area contributed by atoms with Gasteiger partial charge in [-0.3, -0.25) is 4.31 Å². The molecule has 0 atom stereocenters. The Morgan fingerprint density at radius 3 is 2.24 bits per heavy atom. The van der Waals surface area contributed by atoms with E-state index in [4.69, 9.17) is 0 Å². The van der Waals surface area contributed by atoms with Crippen LogP contribution in [0.3, 0.4) is 0 Å². The van der Waals surface area contributed by atoms with Crippen LogP contribution in [-0.2, 0) is 16.4 Å². The topological polar surface area (TPSA) is 37.4 Å². The number of nitrogens with zero attached hydrogens (tertiary/aromatic N) is 1. The van der Waals surface area contributed by atoms with Crippen molar-refractivity contribution in [2.75, 3.05) is 17.1 Å². The molecule has 0 unspecified atom stereocenters. The Hall–Kier alpha value is -1.81. The lowest BCUT2D eigenvalue weighted by Crippen LogP contribution is -2.31. The first-order valence-electron chi connectivity index (χ1n) is 8.98. The highest BCUT2D eigenvalue weighted by Crippen LogP contribution is 2.40. The zero-order valence-electron chi connectivity index (χ0n) is 15.3. The number of aryl methyl sites for hydroxylation is 3. The molecule has 3 nitrogen and oxygen atoms in total. The maximum Gasteiger partial charge on any atom is 0.232 e. The summed E-state index contributed by atoms with van der Waals surface area (Å²) in [5, 5.41) is 0. The van der Waals surface area contributed by atoms with Gasteiger partial charge >= 0.3 is 0 Å². The Kier molecular flexibility index (Phi) is 5.19. The Morgan fingerprint density at radius 2 is 1.68 bits per heavy atom. The molecule has 0 heterocycles. The molecule has 0 bridgehead atoms. The van der Waals surface area contributed by atoms with Crippen molar-refractivity contribution in [2.45, 2.75) is 45.4 Å². The van der Waals surface area contributed by atoms with E-state index in [-0.39, 0.29) is 0 Å². The normalized spacial score (nSPS) is 14.5. The summed E-state index contributed by atoms with van der Waals surface area (Å²) >= 11 is 0. The summed E-state index contributed by atoms with van der Waals surface area (Å²) in [7, 11) is -3.27.